The summed E-state index contributed by atoms with van der Waals surface area (Å²) in [5.41, 5.74) is 1.56. The molecule has 0 saturated carbocycles. The summed E-state index contributed by atoms with van der Waals surface area (Å²) < 4.78 is 36.1. The lowest BCUT2D eigenvalue weighted by molar-refractivity contribution is -0.318. The molecular formula is C41H57ClN6O14. The van der Waals surface area contributed by atoms with Crippen LogP contribution in [-0.4, -0.2) is 155 Å². The lowest BCUT2D eigenvalue weighted by Gasteiger charge is -2.47. The number of amides is 3. The summed E-state index contributed by atoms with van der Waals surface area (Å²) in [6, 6.07) is 13.9. The number of nitrogens with zero attached hydrogens (tertiary/aromatic N) is 3. The first-order valence-corrected chi connectivity index (χ1v) is 20.7. The molecule has 21 heteroatoms. The number of carbonyl (C=O) groups is 4. The molecule has 1 aliphatic heterocycles. The van der Waals surface area contributed by atoms with E-state index in [0.29, 0.717) is 74.4 Å². The maximum atomic E-state index is 13.0. The number of halogens is 1. The van der Waals surface area contributed by atoms with Crippen LogP contribution in [-0.2, 0) is 73.8 Å². The Balaban J connectivity index is 1.37. The number of carbonyl (C=O) groups excluding carboxylic acids is 3. The zero-order valence-electron chi connectivity index (χ0n) is 34.6. The molecule has 0 aliphatic carbocycles. The van der Waals surface area contributed by atoms with Gasteiger partial charge >= 0.3 is 5.97 Å². The number of aromatic nitrogens is 3. The van der Waals surface area contributed by atoms with E-state index < -0.39 is 73.6 Å². The van der Waals surface area contributed by atoms with Crippen molar-refractivity contribution >= 4 is 35.3 Å². The quantitative estimate of drug-likeness (QED) is 0.0457. The van der Waals surface area contributed by atoms with Crippen LogP contribution in [0, 0.1) is 0 Å². The molecule has 1 aromatic heterocycles. The van der Waals surface area contributed by atoms with Crippen LogP contribution < -0.4 is 16.0 Å². The Morgan fingerprint density at radius 2 is 1.60 bits per heavy atom. The Morgan fingerprint density at radius 1 is 0.903 bits per heavy atom. The summed E-state index contributed by atoms with van der Waals surface area (Å²) >= 11 is 5.93. The SMILES string of the molecule is CCCNC(=O)CCOCCOCCOCCn1cc(CO[C@H]2C[C@](OCc3ccccc3)(C(=O)O)O[C@@H]([C@H](O)[C@H](O)CNC(=O)Cc3ccc(Cl)cc3)[C@@H]2NC(=O)CO)nn1. The Hall–Kier alpha value is -4.61. The van der Waals surface area contributed by atoms with Gasteiger partial charge in [-0.1, -0.05) is 66.2 Å². The van der Waals surface area contributed by atoms with E-state index >= 15 is 0 Å². The fourth-order valence-electron chi connectivity index (χ4n) is 6.19. The number of benzene rings is 2. The van der Waals surface area contributed by atoms with E-state index in [9.17, 15) is 39.6 Å². The second-order valence-electron chi connectivity index (χ2n) is 14.3. The highest BCUT2D eigenvalue weighted by Crippen LogP contribution is 2.36. The largest absolute Gasteiger partial charge is 0.477 e. The van der Waals surface area contributed by atoms with Gasteiger partial charge in [0, 0.05) is 31.0 Å². The molecule has 6 atom stereocenters. The van der Waals surface area contributed by atoms with Crippen molar-refractivity contribution < 1.29 is 68.0 Å². The van der Waals surface area contributed by atoms with Crippen molar-refractivity contribution in [2.75, 3.05) is 59.3 Å². The molecule has 1 aliphatic rings. The third-order valence-electron chi connectivity index (χ3n) is 9.47. The Labute approximate surface area is 364 Å². The molecule has 20 nitrogen and oxygen atoms in total. The van der Waals surface area contributed by atoms with Gasteiger partial charge in [-0.25, -0.2) is 9.48 Å². The summed E-state index contributed by atoms with van der Waals surface area (Å²) in [5.74, 6) is -5.50. The van der Waals surface area contributed by atoms with Crippen LogP contribution in [0.1, 0.15) is 43.0 Å². The second kappa shape index (κ2) is 26.8. The first kappa shape index (κ1) is 50.0. The fraction of sp³-hybridized carbons (Fsp3) is 0.561. The molecular weight excluding hydrogens is 836 g/mol. The molecule has 0 unspecified atom stereocenters. The highest BCUT2D eigenvalue weighted by Gasteiger charge is 2.56. The van der Waals surface area contributed by atoms with Gasteiger partial charge in [0.2, 0.25) is 17.7 Å². The number of rotatable bonds is 29. The van der Waals surface area contributed by atoms with Gasteiger partial charge in [-0.2, -0.15) is 0 Å². The number of ether oxygens (including phenoxy) is 6. The molecule has 2 heterocycles. The van der Waals surface area contributed by atoms with Gasteiger partial charge in [-0.15, -0.1) is 5.10 Å². The standard InChI is InChI=1S/C41H57ClN6O14/c1-2-13-43-34(51)12-15-57-17-19-59-20-18-58-16-14-48-24-31(46-47-48)27-60-33-22-41(40(55)56,61-26-29-6-4-3-5-7-29)62-39(37(33)45-36(53)25-49)38(54)32(50)23-44-35(52)21-28-8-10-30(42)11-9-28/h3-11,24,32-33,37-39,49-50,54H,2,12-23,25-27H2,1H3,(H,43,51)(H,44,52)(H,45,53)(H,55,56)/t32-,33+,37-,38-,39-,41-/m1/s1. The molecule has 3 amide bonds. The maximum absolute atomic E-state index is 13.0. The zero-order chi connectivity index (χ0) is 44.7. The topological polar surface area (TPSA) is 271 Å². The number of carboxylic acid groups (broad SMARTS) is 1. The Bertz CT molecular complexity index is 1810. The molecule has 3 aromatic rings. The minimum absolute atomic E-state index is 0.0491. The minimum atomic E-state index is -2.47. The average molecular weight is 893 g/mol. The molecule has 0 bridgehead atoms. The first-order chi connectivity index (χ1) is 29.9. The Morgan fingerprint density at radius 3 is 2.27 bits per heavy atom. The van der Waals surface area contributed by atoms with Gasteiger partial charge < -0.3 is 64.8 Å². The van der Waals surface area contributed by atoms with Crippen molar-refractivity contribution in [3.05, 3.63) is 82.6 Å². The molecule has 0 spiro atoms. The minimum Gasteiger partial charge on any atom is -0.477 e. The fourth-order valence-corrected chi connectivity index (χ4v) is 6.32. The predicted octanol–water partition coefficient (Wildman–Crippen LogP) is 0.127. The summed E-state index contributed by atoms with van der Waals surface area (Å²) in [7, 11) is 0. The Kier molecular flexibility index (Phi) is 21.6. The summed E-state index contributed by atoms with van der Waals surface area (Å²) in [6.07, 6.45) is -4.51. The number of nitrogens with one attached hydrogen (secondary N) is 3. The molecule has 7 N–H and O–H groups in total. The first-order valence-electron chi connectivity index (χ1n) is 20.3. The second-order valence-corrected chi connectivity index (χ2v) is 14.7. The smallest absolute Gasteiger partial charge is 0.364 e. The van der Waals surface area contributed by atoms with Crippen molar-refractivity contribution in [2.45, 2.75) is 88.6 Å². The van der Waals surface area contributed by atoms with E-state index in [1.165, 1.54) is 4.68 Å². The van der Waals surface area contributed by atoms with Gasteiger partial charge in [0.05, 0.1) is 90.3 Å². The van der Waals surface area contributed by atoms with Crippen molar-refractivity contribution in [3.8, 4) is 0 Å². The third-order valence-corrected chi connectivity index (χ3v) is 9.72. The van der Waals surface area contributed by atoms with E-state index in [0.717, 1.165) is 6.42 Å². The van der Waals surface area contributed by atoms with Crippen LogP contribution in [0.2, 0.25) is 5.02 Å². The highest BCUT2D eigenvalue weighted by molar-refractivity contribution is 6.30. The van der Waals surface area contributed by atoms with E-state index in [4.69, 9.17) is 40.0 Å². The van der Waals surface area contributed by atoms with E-state index in [2.05, 4.69) is 26.3 Å². The molecule has 0 radical (unpaired) electrons. The van der Waals surface area contributed by atoms with Crippen LogP contribution in [0.4, 0.5) is 0 Å². The van der Waals surface area contributed by atoms with Crippen molar-refractivity contribution in [2.24, 2.45) is 0 Å². The van der Waals surface area contributed by atoms with Crippen molar-refractivity contribution in [3.63, 3.8) is 0 Å². The molecule has 62 heavy (non-hydrogen) atoms. The number of carboxylic acids is 1. The van der Waals surface area contributed by atoms with Gasteiger partial charge in [0.25, 0.3) is 5.79 Å². The normalized spacial score (nSPS) is 19.7. The maximum Gasteiger partial charge on any atom is 0.364 e. The zero-order valence-corrected chi connectivity index (χ0v) is 35.3. The molecule has 1 saturated heterocycles. The number of aliphatic hydroxyl groups excluding tert-OH is 3. The van der Waals surface area contributed by atoms with Crippen molar-refractivity contribution in [1.82, 2.24) is 30.9 Å². The number of hydrogen-bond donors (Lipinski definition) is 7. The number of aliphatic carboxylic acids is 1. The van der Waals surface area contributed by atoms with Crippen LogP contribution >= 0.6 is 11.6 Å². The van der Waals surface area contributed by atoms with Gasteiger partial charge in [0.15, 0.2) is 0 Å². The number of aliphatic hydroxyl groups is 3. The molecule has 2 aromatic carbocycles. The monoisotopic (exact) mass is 892 g/mol. The summed E-state index contributed by atoms with van der Waals surface area (Å²) in [5, 5.41) is 59.5. The average Bonchev–Trinajstić information content (AvgIpc) is 3.73. The summed E-state index contributed by atoms with van der Waals surface area (Å²) in [4.78, 5) is 50.0. The highest BCUT2D eigenvalue weighted by atomic mass is 35.5. The molecule has 4 rings (SSSR count). The lowest BCUT2D eigenvalue weighted by atomic mass is 9.88. The van der Waals surface area contributed by atoms with Gasteiger partial charge in [0.1, 0.15) is 24.5 Å². The lowest BCUT2D eigenvalue weighted by Crippen LogP contribution is -2.68. The van der Waals surface area contributed by atoms with E-state index in [1.54, 1.807) is 60.8 Å². The van der Waals surface area contributed by atoms with Crippen LogP contribution in [0.3, 0.4) is 0 Å². The van der Waals surface area contributed by atoms with Crippen LogP contribution in [0.15, 0.2) is 60.8 Å². The van der Waals surface area contributed by atoms with Crippen molar-refractivity contribution in [1.29, 1.82) is 0 Å². The van der Waals surface area contributed by atoms with Crippen LogP contribution in [0.5, 0.6) is 0 Å². The third kappa shape index (κ3) is 16.9. The van der Waals surface area contributed by atoms with Crippen LogP contribution in [0.25, 0.3) is 0 Å². The molecule has 342 valence electrons. The van der Waals surface area contributed by atoms with Gasteiger partial charge in [-0.3, -0.25) is 14.4 Å². The van der Waals surface area contributed by atoms with Gasteiger partial charge in [-0.05, 0) is 29.7 Å². The number of hydrogen-bond acceptors (Lipinski definition) is 15. The summed E-state index contributed by atoms with van der Waals surface area (Å²) in [6.45, 7) is 2.91. The molecule has 1 fully saturated rings. The van der Waals surface area contributed by atoms with E-state index in [-0.39, 0.29) is 32.1 Å². The van der Waals surface area contributed by atoms with E-state index in [1.807, 2.05) is 6.92 Å². The predicted molar refractivity (Wildman–Crippen MR) is 219 cm³/mol.